The number of ether oxygens (including phenoxy) is 1. The number of methoxy groups -OCH3 is 1. The predicted octanol–water partition coefficient (Wildman–Crippen LogP) is 2.83. The van der Waals surface area contributed by atoms with Crippen LogP contribution in [0.3, 0.4) is 0 Å². The van der Waals surface area contributed by atoms with Crippen molar-refractivity contribution in [2.45, 2.75) is 13.0 Å². The third kappa shape index (κ3) is 3.09. The third-order valence-corrected chi connectivity index (χ3v) is 4.51. The van der Waals surface area contributed by atoms with E-state index in [4.69, 9.17) is 4.74 Å². The van der Waals surface area contributed by atoms with Crippen molar-refractivity contribution in [1.29, 1.82) is 0 Å². The van der Waals surface area contributed by atoms with Gasteiger partial charge in [0.2, 0.25) is 5.91 Å². The maximum atomic E-state index is 13.8. The van der Waals surface area contributed by atoms with Gasteiger partial charge in [-0.2, -0.15) is 5.10 Å². The lowest BCUT2D eigenvalue weighted by atomic mass is 10.2. The number of nitrogens with one attached hydrogen (secondary N) is 1. The summed E-state index contributed by atoms with van der Waals surface area (Å²) in [6, 6.07) is 12.8. The van der Waals surface area contributed by atoms with E-state index in [1.54, 1.807) is 36.4 Å². The van der Waals surface area contributed by atoms with E-state index >= 15 is 0 Å². The average Bonchev–Trinajstić information content (AvgIpc) is 3.18. The van der Waals surface area contributed by atoms with Gasteiger partial charge in [-0.25, -0.2) is 8.91 Å². The summed E-state index contributed by atoms with van der Waals surface area (Å²) in [6.45, 7) is 0.0987. The molecule has 0 radical (unpaired) electrons. The van der Waals surface area contributed by atoms with E-state index in [0.717, 1.165) is 0 Å². The Kier molecular flexibility index (Phi) is 4.52. The molecule has 2 aromatic heterocycles. The lowest BCUT2D eigenvalue weighted by Gasteiger charge is -2.13. The minimum absolute atomic E-state index is 0.0356. The maximum Gasteiger partial charge on any atom is 0.277 e. The second kappa shape index (κ2) is 7.15. The second-order valence-electron chi connectivity index (χ2n) is 6.22. The number of carbonyl (C=O) groups is 1. The summed E-state index contributed by atoms with van der Waals surface area (Å²) in [4.78, 5) is 25.2. The number of para-hydroxylation sites is 2. The van der Waals surface area contributed by atoms with Crippen LogP contribution in [0.2, 0.25) is 0 Å². The molecular formula is C20H17FN4O3. The van der Waals surface area contributed by atoms with Crippen LogP contribution in [-0.4, -0.2) is 27.2 Å². The van der Waals surface area contributed by atoms with Crippen LogP contribution in [0.5, 0.6) is 5.75 Å². The Labute approximate surface area is 159 Å². The van der Waals surface area contributed by atoms with Crippen molar-refractivity contribution in [3.8, 4) is 5.75 Å². The molecule has 8 heteroatoms. The van der Waals surface area contributed by atoms with Gasteiger partial charge < -0.3 is 14.6 Å². The molecule has 0 fully saturated rings. The third-order valence-electron chi connectivity index (χ3n) is 4.51. The van der Waals surface area contributed by atoms with Gasteiger partial charge in [0.25, 0.3) is 5.56 Å². The summed E-state index contributed by atoms with van der Waals surface area (Å²) in [5.74, 6) is -0.207. The van der Waals surface area contributed by atoms with Crippen LogP contribution < -0.4 is 15.6 Å². The number of amides is 1. The topological polar surface area (TPSA) is 77.6 Å². The van der Waals surface area contributed by atoms with Crippen LogP contribution in [0.4, 0.5) is 10.1 Å². The zero-order valence-corrected chi connectivity index (χ0v) is 15.1. The Morgan fingerprint density at radius 1 is 1.14 bits per heavy atom. The highest BCUT2D eigenvalue weighted by atomic mass is 19.1. The Balaban J connectivity index is 1.65. The first-order valence-corrected chi connectivity index (χ1v) is 8.67. The first kappa shape index (κ1) is 17.7. The molecule has 28 heavy (non-hydrogen) atoms. The van der Waals surface area contributed by atoms with Crippen LogP contribution in [0, 0.1) is 5.82 Å². The van der Waals surface area contributed by atoms with Crippen LogP contribution in [-0.2, 0) is 11.3 Å². The summed E-state index contributed by atoms with van der Waals surface area (Å²) in [5, 5.41) is 6.91. The zero-order valence-electron chi connectivity index (χ0n) is 15.1. The molecule has 0 aliphatic rings. The predicted molar refractivity (Wildman–Crippen MR) is 103 cm³/mol. The fourth-order valence-electron chi connectivity index (χ4n) is 3.19. The first-order valence-electron chi connectivity index (χ1n) is 8.67. The van der Waals surface area contributed by atoms with E-state index in [-0.39, 0.29) is 24.4 Å². The van der Waals surface area contributed by atoms with E-state index in [2.05, 4.69) is 10.4 Å². The van der Waals surface area contributed by atoms with Crippen molar-refractivity contribution < 1.29 is 13.9 Å². The average molecular weight is 380 g/mol. The molecule has 142 valence electrons. The van der Waals surface area contributed by atoms with Gasteiger partial charge in [-0.05, 0) is 36.4 Å². The molecule has 7 nitrogen and oxygen atoms in total. The first-order chi connectivity index (χ1) is 13.6. The molecule has 2 aromatic carbocycles. The number of carbonyl (C=O) groups excluding carboxylic acids is 1. The van der Waals surface area contributed by atoms with Gasteiger partial charge >= 0.3 is 0 Å². The number of rotatable bonds is 5. The van der Waals surface area contributed by atoms with Crippen molar-refractivity contribution in [2.75, 3.05) is 12.4 Å². The molecule has 4 aromatic rings. The second-order valence-corrected chi connectivity index (χ2v) is 6.22. The normalized spacial score (nSPS) is 11.1. The van der Waals surface area contributed by atoms with Crippen molar-refractivity contribution >= 4 is 28.1 Å². The molecular weight excluding hydrogens is 363 g/mol. The smallest absolute Gasteiger partial charge is 0.277 e. The highest BCUT2D eigenvalue weighted by molar-refractivity contribution is 5.92. The molecule has 0 aliphatic heterocycles. The number of aryl methyl sites for hydroxylation is 1. The SMILES string of the molecule is COc1ccccc1NC(=O)CCn1c(=O)c2ccnn2c2ccc(F)cc21. The van der Waals surface area contributed by atoms with Crippen LogP contribution in [0.25, 0.3) is 16.6 Å². The summed E-state index contributed by atoms with van der Waals surface area (Å²) >= 11 is 0. The molecule has 4 rings (SSSR count). The minimum Gasteiger partial charge on any atom is -0.495 e. The van der Waals surface area contributed by atoms with Gasteiger partial charge in [0.15, 0.2) is 0 Å². The van der Waals surface area contributed by atoms with E-state index in [9.17, 15) is 14.0 Å². The number of fused-ring (bicyclic) bond motifs is 3. The molecule has 0 bridgehead atoms. The summed E-state index contributed by atoms with van der Waals surface area (Å²) in [7, 11) is 1.52. The zero-order chi connectivity index (χ0) is 19.7. The van der Waals surface area contributed by atoms with Gasteiger partial charge in [0.1, 0.15) is 17.1 Å². The van der Waals surface area contributed by atoms with Crippen molar-refractivity contribution in [1.82, 2.24) is 14.2 Å². The van der Waals surface area contributed by atoms with E-state index < -0.39 is 5.82 Å². The maximum absolute atomic E-state index is 13.8. The number of aromatic nitrogens is 3. The Morgan fingerprint density at radius 3 is 2.79 bits per heavy atom. The number of anilines is 1. The lowest BCUT2D eigenvalue weighted by Crippen LogP contribution is -2.25. The van der Waals surface area contributed by atoms with Gasteiger partial charge in [-0.15, -0.1) is 0 Å². The van der Waals surface area contributed by atoms with Crippen LogP contribution >= 0.6 is 0 Å². The molecule has 1 N–H and O–H groups in total. The van der Waals surface area contributed by atoms with Crippen LogP contribution in [0.15, 0.2) is 59.5 Å². The van der Waals surface area contributed by atoms with Gasteiger partial charge in [-0.3, -0.25) is 9.59 Å². The molecule has 2 heterocycles. The van der Waals surface area contributed by atoms with Crippen molar-refractivity contribution in [3.63, 3.8) is 0 Å². The number of halogens is 1. The van der Waals surface area contributed by atoms with E-state index in [1.165, 1.54) is 34.5 Å². The Hall–Kier alpha value is -3.68. The number of benzene rings is 2. The molecule has 0 atom stereocenters. The quantitative estimate of drug-likeness (QED) is 0.578. The number of nitrogens with zero attached hydrogens (tertiary/aromatic N) is 3. The molecule has 0 unspecified atom stereocenters. The molecule has 1 amide bonds. The summed E-state index contributed by atoms with van der Waals surface area (Å²) in [5.41, 5.74) is 1.55. The molecule has 0 saturated carbocycles. The van der Waals surface area contributed by atoms with E-state index in [1.807, 2.05) is 0 Å². The fourth-order valence-corrected chi connectivity index (χ4v) is 3.19. The highest BCUT2D eigenvalue weighted by Crippen LogP contribution is 2.23. The standard InChI is InChI=1S/C20H17FN4O3/c1-28-18-5-3-2-4-14(18)23-19(26)9-11-24-17-12-13(21)6-7-15(17)25-16(20(24)27)8-10-22-25/h2-8,10,12H,9,11H2,1H3,(H,23,26). The van der Waals surface area contributed by atoms with Crippen molar-refractivity contribution in [3.05, 3.63) is 70.9 Å². The lowest BCUT2D eigenvalue weighted by molar-refractivity contribution is -0.116. The highest BCUT2D eigenvalue weighted by Gasteiger charge is 2.14. The van der Waals surface area contributed by atoms with Gasteiger partial charge in [0.05, 0.1) is 30.0 Å². The minimum atomic E-state index is -0.467. The van der Waals surface area contributed by atoms with Crippen molar-refractivity contribution in [2.24, 2.45) is 0 Å². The molecule has 0 aliphatic carbocycles. The van der Waals surface area contributed by atoms with E-state index in [0.29, 0.717) is 28.0 Å². The summed E-state index contributed by atoms with van der Waals surface area (Å²) in [6.07, 6.45) is 1.55. The Bertz CT molecular complexity index is 1250. The van der Waals surface area contributed by atoms with Crippen LogP contribution in [0.1, 0.15) is 6.42 Å². The molecule has 0 spiro atoms. The number of hydrogen-bond acceptors (Lipinski definition) is 4. The monoisotopic (exact) mass is 380 g/mol. The van der Waals surface area contributed by atoms with Gasteiger partial charge in [-0.1, -0.05) is 12.1 Å². The summed E-state index contributed by atoms with van der Waals surface area (Å²) < 4.78 is 21.9. The number of hydrogen-bond donors (Lipinski definition) is 1. The van der Waals surface area contributed by atoms with Gasteiger partial charge in [0, 0.05) is 13.0 Å². The fraction of sp³-hybridized carbons (Fsp3) is 0.150. The molecule has 0 saturated heterocycles. The largest absolute Gasteiger partial charge is 0.495 e. The Morgan fingerprint density at radius 2 is 1.96 bits per heavy atom.